The zero-order valence-corrected chi connectivity index (χ0v) is 11.2. The van der Waals surface area contributed by atoms with Gasteiger partial charge >= 0.3 is 0 Å². The van der Waals surface area contributed by atoms with E-state index >= 15 is 0 Å². The second-order valence-electron chi connectivity index (χ2n) is 4.89. The molecule has 0 radical (unpaired) electrons. The Bertz CT molecular complexity index is 936. The molecule has 0 bridgehead atoms. The minimum atomic E-state index is 0.694. The standard InChI is InChI=1S/C16H13N5/c17-11-4-5-14-15(8-11)21-16(20-14)19-13-3-1-2-10-9-18-7-6-12(10)13/h1-9H,17H2,(H2,19,20,21). The number of aromatic nitrogens is 3. The summed E-state index contributed by atoms with van der Waals surface area (Å²) in [6.45, 7) is 0. The van der Waals surface area contributed by atoms with Gasteiger partial charge in [0.25, 0.3) is 0 Å². The Balaban J connectivity index is 1.79. The summed E-state index contributed by atoms with van der Waals surface area (Å²) < 4.78 is 0. The number of rotatable bonds is 2. The van der Waals surface area contributed by atoms with Crippen molar-refractivity contribution < 1.29 is 0 Å². The molecular weight excluding hydrogens is 262 g/mol. The Morgan fingerprint density at radius 3 is 3.00 bits per heavy atom. The van der Waals surface area contributed by atoms with Crippen LogP contribution in [-0.4, -0.2) is 15.0 Å². The number of hydrogen-bond acceptors (Lipinski definition) is 4. The van der Waals surface area contributed by atoms with Gasteiger partial charge in [-0.2, -0.15) is 0 Å². The number of nitrogen functional groups attached to an aromatic ring is 1. The molecule has 0 fully saturated rings. The van der Waals surface area contributed by atoms with E-state index < -0.39 is 0 Å². The molecule has 2 aromatic carbocycles. The maximum atomic E-state index is 5.78. The highest BCUT2D eigenvalue weighted by atomic mass is 15.1. The summed E-state index contributed by atoms with van der Waals surface area (Å²) in [6.07, 6.45) is 3.63. The first-order chi connectivity index (χ1) is 10.3. The third kappa shape index (κ3) is 2.04. The first-order valence-corrected chi connectivity index (χ1v) is 6.65. The highest BCUT2D eigenvalue weighted by molar-refractivity contribution is 5.94. The smallest absolute Gasteiger partial charge is 0.205 e. The van der Waals surface area contributed by atoms with Gasteiger partial charge in [-0.25, -0.2) is 4.98 Å². The maximum absolute atomic E-state index is 5.78. The van der Waals surface area contributed by atoms with Gasteiger partial charge < -0.3 is 16.0 Å². The third-order valence-electron chi connectivity index (χ3n) is 3.44. The van der Waals surface area contributed by atoms with Crippen LogP contribution in [0.4, 0.5) is 17.3 Å². The fourth-order valence-corrected chi connectivity index (χ4v) is 2.45. The first-order valence-electron chi connectivity index (χ1n) is 6.65. The second-order valence-corrected chi connectivity index (χ2v) is 4.89. The predicted octanol–water partition coefficient (Wildman–Crippen LogP) is 3.44. The molecule has 0 amide bonds. The largest absolute Gasteiger partial charge is 0.399 e. The van der Waals surface area contributed by atoms with Crippen LogP contribution in [0.25, 0.3) is 21.8 Å². The SMILES string of the molecule is Nc1ccc2nc(Nc3cccc4cnccc34)[nH]c2c1. The van der Waals surface area contributed by atoms with Crippen molar-refractivity contribution in [1.82, 2.24) is 15.0 Å². The summed E-state index contributed by atoms with van der Waals surface area (Å²) in [5.41, 5.74) is 9.29. The van der Waals surface area contributed by atoms with E-state index in [1.54, 1.807) is 6.20 Å². The molecule has 2 aromatic heterocycles. The van der Waals surface area contributed by atoms with Gasteiger partial charge in [0.15, 0.2) is 0 Å². The number of benzene rings is 2. The number of fused-ring (bicyclic) bond motifs is 2. The molecule has 4 aromatic rings. The Morgan fingerprint density at radius 2 is 2.05 bits per heavy atom. The molecule has 5 heteroatoms. The van der Waals surface area contributed by atoms with Crippen molar-refractivity contribution in [2.45, 2.75) is 0 Å². The summed E-state index contributed by atoms with van der Waals surface area (Å²) in [6, 6.07) is 13.7. The minimum Gasteiger partial charge on any atom is -0.399 e. The third-order valence-corrected chi connectivity index (χ3v) is 3.44. The number of pyridine rings is 1. The molecule has 0 spiro atoms. The topological polar surface area (TPSA) is 79.6 Å². The summed E-state index contributed by atoms with van der Waals surface area (Å²) in [5.74, 6) is 0.694. The van der Waals surface area contributed by atoms with E-state index in [4.69, 9.17) is 5.73 Å². The lowest BCUT2D eigenvalue weighted by Crippen LogP contribution is -1.93. The number of nitrogens with zero attached hydrogens (tertiary/aromatic N) is 2. The van der Waals surface area contributed by atoms with E-state index in [1.807, 2.05) is 48.7 Å². The average molecular weight is 275 g/mol. The Kier molecular flexibility index (Phi) is 2.50. The lowest BCUT2D eigenvalue weighted by molar-refractivity contribution is 1.31. The Labute approximate surface area is 120 Å². The molecule has 0 saturated heterocycles. The normalized spacial score (nSPS) is 11.0. The van der Waals surface area contributed by atoms with Crippen molar-refractivity contribution in [2.75, 3.05) is 11.1 Å². The lowest BCUT2D eigenvalue weighted by atomic mass is 10.1. The van der Waals surface area contributed by atoms with Crippen molar-refractivity contribution in [3.8, 4) is 0 Å². The van der Waals surface area contributed by atoms with E-state index in [-0.39, 0.29) is 0 Å². The second kappa shape index (κ2) is 4.49. The van der Waals surface area contributed by atoms with E-state index in [0.29, 0.717) is 11.6 Å². The van der Waals surface area contributed by atoms with Crippen LogP contribution in [0.3, 0.4) is 0 Å². The summed E-state index contributed by atoms with van der Waals surface area (Å²) in [5, 5.41) is 5.51. The fourth-order valence-electron chi connectivity index (χ4n) is 2.45. The van der Waals surface area contributed by atoms with Crippen molar-refractivity contribution in [3.05, 3.63) is 54.9 Å². The van der Waals surface area contributed by atoms with Crippen LogP contribution in [0.1, 0.15) is 0 Å². The fraction of sp³-hybridized carbons (Fsp3) is 0. The van der Waals surface area contributed by atoms with Crippen molar-refractivity contribution in [3.63, 3.8) is 0 Å². The molecule has 2 heterocycles. The Hall–Kier alpha value is -3.08. The molecule has 0 aliphatic carbocycles. The van der Waals surface area contributed by atoms with Gasteiger partial charge in [-0.05, 0) is 30.3 Å². The molecule has 4 rings (SSSR count). The highest BCUT2D eigenvalue weighted by Gasteiger charge is 2.05. The molecule has 5 nitrogen and oxygen atoms in total. The van der Waals surface area contributed by atoms with Crippen LogP contribution in [0.15, 0.2) is 54.9 Å². The van der Waals surface area contributed by atoms with Gasteiger partial charge in [0.1, 0.15) is 0 Å². The number of H-pyrrole nitrogens is 1. The predicted molar refractivity (Wildman–Crippen MR) is 85.5 cm³/mol. The minimum absolute atomic E-state index is 0.694. The highest BCUT2D eigenvalue weighted by Crippen LogP contribution is 2.26. The summed E-state index contributed by atoms with van der Waals surface area (Å²) in [4.78, 5) is 11.9. The molecular formula is C16H13N5. The number of imidazole rings is 1. The number of hydrogen-bond donors (Lipinski definition) is 3. The zero-order valence-electron chi connectivity index (χ0n) is 11.2. The van der Waals surface area contributed by atoms with E-state index in [0.717, 1.165) is 27.5 Å². The van der Waals surface area contributed by atoms with Gasteiger partial charge in [0, 0.05) is 34.5 Å². The molecule has 0 saturated carbocycles. The maximum Gasteiger partial charge on any atom is 0.205 e. The number of nitrogens with one attached hydrogen (secondary N) is 2. The molecule has 0 unspecified atom stereocenters. The van der Waals surface area contributed by atoms with E-state index in [1.165, 1.54) is 0 Å². The molecule has 21 heavy (non-hydrogen) atoms. The van der Waals surface area contributed by atoms with E-state index in [2.05, 4.69) is 20.3 Å². The van der Waals surface area contributed by atoms with Crippen molar-refractivity contribution in [1.29, 1.82) is 0 Å². The lowest BCUT2D eigenvalue weighted by Gasteiger charge is -2.06. The molecule has 4 N–H and O–H groups in total. The van der Waals surface area contributed by atoms with Crippen LogP contribution < -0.4 is 11.1 Å². The number of nitrogens with two attached hydrogens (primary N) is 1. The molecule has 102 valence electrons. The number of anilines is 3. The van der Waals surface area contributed by atoms with Crippen molar-refractivity contribution in [2.24, 2.45) is 0 Å². The quantitative estimate of drug-likeness (QED) is 0.490. The van der Waals surface area contributed by atoms with E-state index in [9.17, 15) is 0 Å². The van der Waals surface area contributed by atoms with Crippen LogP contribution in [0.2, 0.25) is 0 Å². The molecule has 0 aliphatic heterocycles. The average Bonchev–Trinajstić information content (AvgIpc) is 2.89. The zero-order chi connectivity index (χ0) is 14.2. The van der Waals surface area contributed by atoms with Crippen LogP contribution in [0.5, 0.6) is 0 Å². The first kappa shape index (κ1) is 11.7. The van der Waals surface area contributed by atoms with Gasteiger partial charge in [0.05, 0.1) is 11.0 Å². The van der Waals surface area contributed by atoms with Gasteiger partial charge in [-0.1, -0.05) is 12.1 Å². The van der Waals surface area contributed by atoms with Crippen LogP contribution >= 0.6 is 0 Å². The summed E-state index contributed by atoms with van der Waals surface area (Å²) in [7, 11) is 0. The monoisotopic (exact) mass is 275 g/mol. The van der Waals surface area contributed by atoms with Crippen LogP contribution in [-0.2, 0) is 0 Å². The Morgan fingerprint density at radius 1 is 1.10 bits per heavy atom. The summed E-state index contributed by atoms with van der Waals surface area (Å²) >= 11 is 0. The van der Waals surface area contributed by atoms with Crippen molar-refractivity contribution >= 4 is 39.1 Å². The number of aromatic amines is 1. The molecule has 0 atom stereocenters. The van der Waals surface area contributed by atoms with Gasteiger partial charge in [-0.3, -0.25) is 4.98 Å². The molecule has 0 aliphatic rings. The van der Waals surface area contributed by atoms with Crippen LogP contribution in [0, 0.1) is 0 Å². The van der Waals surface area contributed by atoms with Gasteiger partial charge in [0.2, 0.25) is 5.95 Å². The van der Waals surface area contributed by atoms with Gasteiger partial charge in [-0.15, -0.1) is 0 Å².